The van der Waals surface area contributed by atoms with Gasteiger partial charge in [0.25, 0.3) is 0 Å². The molecule has 0 unspecified atom stereocenters. The van der Waals surface area contributed by atoms with Crippen LogP contribution in [0.2, 0.25) is 0 Å². The first-order valence-electron chi connectivity index (χ1n) is 8.03. The molecule has 0 bridgehead atoms. The number of benzene rings is 1. The van der Waals surface area contributed by atoms with Crippen molar-refractivity contribution >= 4 is 29.0 Å². The van der Waals surface area contributed by atoms with E-state index in [1.165, 1.54) is 32.1 Å². The third-order valence-electron chi connectivity index (χ3n) is 3.76. The number of carbonyl (C=O) groups excluding carboxylic acids is 1. The Morgan fingerprint density at radius 3 is 2.55 bits per heavy atom. The summed E-state index contributed by atoms with van der Waals surface area (Å²) in [6.45, 7) is 2.43. The lowest BCUT2D eigenvalue weighted by atomic mass is 9.96. The molecule has 0 aliphatic heterocycles. The van der Waals surface area contributed by atoms with Crippen molar-refractivity contribution in [1.82, 2.24) is 5.32 Å². The summed E-state index contributed by atoms with van der Waals surface area (Å²) in [4.78, 5) is 11.7. The third-order valence-corrected chi connectivity index (χ3v) is 3.98. The molecule has 1 saturated carbocycles. The van der Waals surface area contributed by atoms with Gasteiger partial charge in [-0.05, 0) is 55.7 Å². The summed E-state index contributed by atoms with van der Waals surface area (Å²) < 4.78 is 5.10. The molecule has 4 nitrogen and oxygen atoms in total. The molecule has 2 rings (SSSR count). The van der Waals surface area contributed by atoms with Crippen LogP contribution in [0.15, 0.2) is 24.3 Å². The fourth-order valence-electron chi connectivity index (χ4n) is 2.57. The molecule has 0 spiro atoms. The van der Waals surface area contributed by atoms with E-state index in [0.717, 1.165) is 12.1 Å². The van der Waals surface area contributed by atoms with Crippen LogP contribution in [0.25, 0.3) is 0 Å². The van der Waals surface area contributed by atoms with Crippen molar-refractivity contribution in [3.05, 3.63) is 29.8 Å². The van der Waals surface area contributed by atoms with Crippen molar-refractivity contribution in [1.29, 1.82) is 0 Å². The van der Waals surface area contributed by atoms with Gasteiger partial charge in [-0.2, -0.15) is 0 Å². The van der Waals surface area contributed by atoms with Gasteiger partial charge in [0.05, 0.1) is 12.2 Å². The van der Waals surface area contributed by atoms with Crippen LogP contribution in [0.1, 0.15) is 55.8 Å². The predicted octanol–water partition coefficient (Wildman–Crippen LogP) is 3.87. The summed E-state index contributed by atoms with van der Waals surface area (Å²) in [6.07, 6.45) is 7.07. The van der Waals surface area contributed by atoms with E-state index in [9.17, 15) is 4.79 Å². The molecule has 22 heavy (non-hydrogen) atoms. The number of hydrogen-bond acceptors (Lipinski definition) is 3. The quantitative estimate of drug-likeness (QED) is 0.637. The topological polar surface area (TPSA) is 50.4 Å². The lowest BCUT2D eigenvalue weighted by Crippen LogP contribution is -2.38. The summed E-state index contributed by atoms with van der Waals surface area (Å²) in [7, 11) is 0. The number of esters is 1. The Balaban J connectivity index is 1.82. The number of rotatable bonds is 5. The van der Waals surface area contributed by atoms with Gasteiger partial charge in [0, 0.05) is 11.7 Å². The third kappa shape index (κ3) is 5.30. The zero-order valence-corrected chi connectivity index (χ0v) is 13.9. The number of anilines is 1. The SMILES string of the molecule is CCCOC(=O)c1ccc(NC(=S)NC2CCCCC2)cc1. The van der Waals surface area contributed by atoms with Gasteiger partial charge in [-0.15, -0.1) is 0 Å². The standard InChI is InChI=1S/C17H24N2O2S/c1-2-12-21-16(20)13-8-10-15(11-9-13)19-17(22)18-14-6-4-3-5-7-14/h8-11,14H,2-7,12H2,1H3,(H2,18,19,22). The molecule has 2 N–H and O–H groups in total. The van der Waals surface area contributed by atoms with Gasteiger partial charge in [-0.25, -0.2) is 4.79 Å². The highest BCUT2D eigenvalue weighted by molar-refractivity contribution is 7.80. The van der Waals surface area contributed by atoms with Crippen LogP contribution in [-0.4, -0.2) is 23.7 Å². The second-order valence-electron chi connectivity index (χ2n) is 5.65. The largest absolute Gasteiger partial charge is 0.462 e. The normalized spacial score (nSPS) is 15.1. The number of thiocarbonyl (C=S) groups is 1. The van der Waals surface area contributed by atoms with Crippen molar-refractivity contribution in [2.45, 2.75) is 51.5 Å². The van der Waals surface area contributed by atoms with E-state index in [1.807, 2.05) is 19.1 Å². The van der Waals surface area contributed by atoms with Crippen LogP contribution in [0.3, 0.4) is 0 Å². The Morgan fingerprint density at radius 2 is 1.91 bits per heavy atom. The molecule has 0 atom stereocenters. The van der Waals surface area contributed by atoms with Gasteiger partial charge < -0.3 is 15.4 Å². The molecular weight excluding hydrogens is 296 g/mol. The summed E-state index contributed by atoms with van der Waals surface area (Å²) in [5.41, 5.74) is 1.44. The van der Waals surface area contributed by atoms with E-state index in [-0.39, 0.29) is 5.97 Å². The van der Waals surface area contributed by atoms with E-state index in [1.54, 1.807) is 12.1 Å². The minimum Gasteiger partial charge on any atom is -0.462 e. The predicted molar refractivity (Wildman–Crippen MR) is 93.2 cm³/mol. The van der Waals surface area contributed by atoms with Crippen LogP contribution >= 0.6 is 12.2 Å². The molecular formula is C17H24N2O2S. The van der Waals surface area contributed by atoms with Crippen molar-refractivity contribution in [3.63, 3.8) is 0 Å². The van der Waals surface area contributed by atoms with Gasteiger partial charge >= 0.3 is 5.97 Å². The molecule has 0 aromatic heterocycles. The van der Waals surface area contributed by atoms with Gasteiger partial charge in [0.15, 0.2) is 5.11 Å². The smallest absolute Gasteiger partial charge is 0.338 e. The van der Waals surface area contributed by atoms with Gasteiger partial charge in [-0.3, -0.25) is 0 Å². The first-order chi connectivity index (χ1) is 10.7. The van der Waals surface area contributed by atoms with Crippen molar-refractivity contribution in [2.75, 3.05) is 11.9 Å². The summed E-state index contributed by atoms with van der Waals surface area (Å²) in [6, 6.07) is 7.68. The molecule has 0 heterocycles. The minimum atomic E-state index is -0.281. The summed E-state index contributed by atoms with van der Waals surface area (Å²) in [5, 5.41) is 7.17. The van der Waals surface area contributed by atoms with Crippen molar-refractivity contribution < 1.29 is 9.53 Å². The molecule has 1 aromatic carbocycles. The maximum absolute atomic E-state index is 11.7. The Bertz CT molecular complexity index is 496. The summed E-state index contributed by atoms with van der Waals surface area (Å²) in [5.74, 6) is -0.281. The van der Waals surface area contributed by atoms with E-state index >= 15 is 0 Å². The number of carbonyl (C=O) groups is 1. The van der Waals surface area contributed by atoms with Gasteiger partial charge in [0.1, 0.15) is 0 Å². The molecule has 1 aliphatic rings. The second-order valence-corrected chi connectivity index (χ2v) is 6.05. The molecule has 0 radical (unpaired) electrons. The first kappa shape index (κ1) is 16.7. The van der Waals surface area contributed by atoms with Crippen LogP contribution < -0.4 is 10.6 Å². The minimum absolute atomic E-state index is 0.281. The van der Waals surface area contributed by atoms with Crippen molar-refractivity contribution in [3.8, 4) is 0 Å². The highest BCUT2D eigenvalue weighted by atomic mass is 32.1. The highest BCUT2D eigenvalue weighted by Crippen LogP contribution is 2.17. The lowest BCUT2D eigenvalue weighted by molar-refractivity contribution is 0.0505. The first-order valence-corrected chi connectivity index (χ1v) is 8.44. The van der Waals surface area contributed by atoms with Crippen LogP contribution in [0.4, 0.5) is 5.69 Å². The Kier molecular flexibility index (Phi) is 6.65. The number of nitrogens with one attached hydrogen (secondary N) is 2. The maximum atomic E-state index is 11.7. The van der Waals surface area contributed by atoms with Crippen LogP contribution in [0.5, 0.6) is 0 Å². The van der Waals surface area contributed by atoms with Crippen LogP contribution in [-0.2, 0) is 4.74 Å². The monoisotopic (exact) mass is 320 g/mol. The van der Waals surface area contributed by atoms with Crippen molar-refractivity contribution in [2.24, 2.45) is 0 Å². The molecule has 5 heteroatoms. The maximum Gasteiger partial charge on any atom is 0.338 e. The highest BCUT2D eigenvalue weighted by Gasteiger charge is 2.14. The second kappa shape index (κ2) is 8.73. The van der Waals surface area contributed by atoms with Gasteiger partial charge in [-0.1, -0.05) is 26.2 Å². The van der Waals surface area contributed by atoms with E-state index in [0.29, 0.717) is 23.3 Å². The Morgan fingerprint density at radius 1 is 1.23 bits per heavy atom. The van der Waals surface area contributed by atoms with Gasteiger partial charge in [0.2, 0.25) is 0 Å². The fourth-order valence-corrected chi connectivity index (χ4v) is 2.85. The Hall–Kier alpha value is -1.62. The molecule has 1 fully saturated rings. The molecule has 120 valence electrons. The average molecular weight is 320 g/mol. The number of ether oxygens (including phenoxy) is 1. The Labute approximate surface area is 137 Å². The van der Waals surface area contributed by atoms with E-state index < -0.39 is 0 Å². The van der Waals surface area contributed by atoms with Crippen LogP contribution in [0, 0.1) is 0 Å². The fraction of sp³-hybridized carbons (Fsp3) is 0.529. The number of hydrogen-bond donors (Lipinski definition) is 2. The van der Waals surface area contributed by atoms with E-state index in [2.05, 4.69) is 10.6 Å². The molecule has 0 saturated heterocycles. The zero-order chi connectivity index (χ0) is 15.8. The zero-order valence-electron chi connectivity index (χ0n) is 13.1. The average Bonchev–Trinajstić information content (AvgIpc) is 2.54. The summed E-state index contributed by atoms with van der Waals surface area (Å²) >= 11 is 5.34. The molecule has 1 aromatic rings. The molecule has 0 amide bonds. The molecule has 1 aliphatic carbocycles. The van der Waals surface area contributed by atoms with E-state index in [4.69, 9.17) is 17.0 Å². The lowest BCUT2D eigenvalue weighted by Gasteiger charge is -2.24.